The van der Waals surface area contributed by atoms with Gasteiger partial charge in [0.1, 0.15) is 17.3 Å². The number of hydrogen-bond acceptors (Lipinski definition) is 6. The minimum atomic E-state index is 0.153. The molecule has 0 saturated carbocycles. The topological polar surface area (TPSA) is 68.3 Å². The van der Waals surface area contributed by atoms with Gasteiger partial charge in [-0.25, -0.2) is 4.98 Å². The monoisotopic (exact) mass is 392 g/mol. The van der Waals surface area contributed by atoms with Crippen molar-refractivity contribution in [2.24, 2.45) is 0 Å². The molecule has 1 heterocycles. The van der Waals surface area contributed by atoms with Gasteiger partial charge in [-0.2, -0.15) is 4.98 Å². The average molecular weight is 393 g/mol. The normalized spacial score (nSPS) is 10.7. The number of nitrogens with one attached hydrogen (secondary N) is 2. The lowest BCUT2D eigenvalue weighted by Gasteiger charge is -2.12. The molecule has 0 spiro atoms. The summed E-state index contributed by atoms with van der Waals surface area (Å²) in [5.74, 6) is 3.08. The van der Waals surface area contributed by atoms with E-state index < -0.39 is 0 Å². The summed E-state index contributed by atoms with van der Waals surface area (Å²) >= 11 is 0. The van der Waals surface area contributed by atoms with Crippen LogP contribution in [-0.4, -0.2) is 29.7 Å². The molecule has 6 nitrogen and oxygen atoms in total. The Kier molecular flexibility index (Phi) is 6.89. The highest BCUT2D eigenvalue weighted by atomic mass is 16.5. The number of aryl methyl sites for hydroxylation is 1. The van der Waals surface area contributed by atoms with Crippen LogP contribution in [0.4, 0.5) is 17.5 Å². The summed E-state index contributed by atoms with van der Waals surface area (Å²) in [6.45, 7) is 6.76. The lowest BCUT2D eigenvalue weighted by Crippen LogP contribution is -2.09. The fraction of sp³-hybridized carbons (Fsp3) is 0.304. The Hall–Kier alpha value is -3.28. The summed E-state index contributed by atoms with van der Waals surface area (Å²) < 4.78 is 10.9. The number of hydrogen-bond donors (Lipinski definition) is 2. The number of rotatable bonds is 9. The van der Waals surface area contributed by atoms with Crippen LogP contribution in [0.1, 0.15) is 25.1 Å². The second-order valence-corrected chi connectivity index (χ2v) is 7.06. The highest BCUT2D eigenvalue weighted by Gasteiger charge is 2.04. The van der Waals surface area contributed by atoms with Crippen LogP contribution in [0.5, 0.6) is 11.5 Å². The van der Waals surface area contributed by atoms with Crippen LogP contribution >= 0.6 is 0 Å². The number of benzene rings is 2. The van der Waals surface area contributed by atoms with Crippen molar-refractivity contribution in [1.29, 1.82) is 0 Å². The fourth-order valence-electron chi connectivity index (χ4n) is 2.86. The summed E-state index contributed by atoms with van der Waals surface area (Å²) in [7, 11) is 1.67. The fourth-order valence-corrected chi connectivity index (χ4v) is 2.86. The average Bonchev–Trinajstić information content (AvgIpc) is 2.69. The van der Waals surface area contributed by atoms with E-state index in [2.05, 4.69) is 32.7 Å². The standard InChI is InChI=1S/C23H28N4O2/c1-16(2)29-21-11-7-19(8-12-21)26-23-25-17(3)15-22(27-23)24-14-13-18-5-9-20(28-4)10-6-18/h5-12,15-16H,13-14H2,1-4H3,(H2,24,25,26,27). The summed E-state index contributed by atoms with van der Waals surface area (Å²) in [5.41, 5.74) is 3.05. The molecule has 0 aliphatic carbocycles. The van der Waals surface area contributed by atoms with Crippen LogP contribution in [0.15, 0.2) is 54.6 Å². The second kappa shape index (κ2) is 9.78. The van der Waals surface area contributed by atoms with Gasteiger partial charge < -0.3 is 20.1 Å². The van der Waals surface area contributed by atoms with Crippen molar-refractivity contribution in [2.75, 3.05) is 24.3 Å². The molecule has 2 aromatic carbocycles. The Labute approximate surface area is 172 Å². The lowest BCUT2D eigenvalue weighted by molar-refractivity contribution is 0.242. The quantitative estimate of drug-likeness (QED) is 0.535. The van der Waals surface area contributed by atoms with Gasteiger partial charge in [-0.1, -0.05) is 12.1 Å². The SMILES string of the molecule is COc1ccc(CCNc2cc(C)nc(Nc3ccc(OC(C)C)cc3)n2)cc1. The maximum absolute atomic E-state index is 5.68. The largest absolute Gasteiger partial charge is 0.497 e. The van der Waals surface area contributed by atoms with Crippen LogP contribution in [0.2, 0.25) is 0 Å². The predicted molar refractivity (Wildman–Crippen MR) is 117 cm³/mol. The molecule has 152 valence electrons. The van der Waals surface area contributed by atoms with Crippen LogP contribution in [0, 0.1) is 6.92 Å². The Morgan fingerprint density at radius 2 is 1.62 bits per heavy atom. The van der Waals surface area contributed by atoms with Crippen molar-refractivity contribution in [1.82, 2.24) is 9.97 Å². The van der Waals surface area contributed by atoms with Gasteiger partial charge in [0.05, 0.1) is 13.2 Å². The molecule has 0 bridgehead atoms. The van der Waals surface area contributed by atoms with E-state index in [1.807, 2.05) is 63.2 Å². The smallest absolute Gasteiger partial charge is 0.229 e. The van der Waals surface area contributed by atoms with Crippen molar-refractivity contribution < 1.29 is 9.47 Å². The molecule has 3 rings (SSSR count). The Bertz CT molecular complexity index is 909. The van der Waals surface area contributed by atoms with Crippen LogP contribution < -0.4 is 20.1 Å². The molecule has 6 heteroatoms. The maximum Gasteiger partial charge on any atom is 0.229 e. The highest BCUT2D eigenvalue weighted by Crippen LogP contribution is 2.20. The third-order valence-electron chi connectivity index (χ3n) is 4.22. The molecule has 3 aromatic rings. The third-order valence-corrected chi connectivity index (χ3v) is 4.22. The highest BCUT2D eigenvalue weighted by molar-refractivity contribution is 5.56. The molecule has 0 atom stereocenters. The van der Waals surface area contributed by atoms with E-state index in [1.165, 1.54) is 5.56 Å². The number of nitrogens with zero attached hydrogens (tertiary/aromatic N) is 2. The zero-order chi connectivity index (χ0) is 20.6. The van der Waals surface area contributed by atoms with E-state index >= 15 is 0 Å². The zero-order valence-corrected chi connectivity index (χ0v) is 17.4. The summed E-state index contributed by atoms with van der Waals surface area (Å²) in [6, 6.07) is 17.8. The number of aromatic nitrogens is 2. The lowest BCUT2D eigenvalue weighted by atomic mass is 10.1. The van der Waals surface area contributed by atoms with Crippen molar-refractivity contribution >= 4 is 17.5 Å². The number of anilines is 3. The van der Waals surface area contributed by atoms with Crippen LogP contribution in [0.3, 0.4) is 0 Å². The molecule has 0 saturated heterocycles. The van der Waals surface area contributed by atoms with Crippen LogP contribution in [-0.2, 0) is 6.42 Å². The molecule has 2 N–H and O–H groups in total. The predicted octanol–water partition coefficient (Wildman–Crippen LogP) is 4.98. The van der Waals surface area contributed by atoms with Gasteiger partial charge in [-0.3, -0.25) is 0 Å². The van der Waals surface area contributed by atoms with Gasteiger partial charge in [0.15, 0.2) is 0 Å². The van der Waals surface area contributed by atoms with Crippen molar-refractivity contribution in [3.8, 4) is 11.5 Å². The van der Waals surface area contributed by atoms with Crippen molar-refractivity contribution in [3.05, 3.63) is 65.9 Å². The zero-order valence-electron chi connectivity index (χ0n) is 17.4. The van der Waals surface area contributed by atoms with E-state index in [4.69, 9.17) is 9.47 Å². The van der Waals surface area contributed by atoms with Crippen LogP contribution in [0.25, 0.3) is 0 Å². The van der Waals surface area contributed by atoms with Gasteiger partial charge >= 0.3 is 0 Å². The molecule has 0 fully saturated rings. The van der Waals surface area contributed by atoms with E-state index in [-0.39, 0.29) is 6.10 Å². The van der Waals surface area contributed by atoms with Crippen molar-refractivity contribution in [2.45, 2.75) is 33.3 Å². The van der Waals surface area contributed by atoms with E-state index in [0.29, 0.717) is 5.95 Å². The van der Waals surface area contributed by atoms with E-state index in [0.717, 1.165) is 41.7 Å². The minimum absolute atomic E-state index is 0.153. The van der Waals surface area contributed by atoms with Gasteiger partial charge in [0.25, 0.3) is 0 Å². The molecule has 1 aromatic heterocycles. The third kappa shape index (κ3) is 6.38. The Morgan fingerprint density at radius 3 is 2.28 bits per heavy atom. The molecule has 0 aliphatic heterocycles. The van der Waals surface area contributed by atoms with E-state index in [9.17, 15) is 0 Å². The van der Waals surface area contributed by atoms with Gasteiger partial charge in [-0.15, -0.1) is 0 Å². The molecule has 0 radical (unpaired) electrons. The molecule has 0 aliphatic rings. The first-order chi connectivity index (χ1) is 14.0. The Balaban J connectivity index is 1.58. The van der Waals surface area contributed by atoms with Gasteiger partial charge in [0.2, 0.25) is 5.95 Å². The Morgan fingerprint density at radius 1 is 0.931 bits per heavy atom. The van der Waals surface area contributed by atoms with Gasteiger partial charge in [-0.05, 0) is 69.2 Å². The second-order valence-electron chi connectivity index (χ2n) is 7.06. The maximum atomic E-state index is 5.68. The summed E-state index contributed by atoms with van der Waals surface area (Å²) in [5, 5.41) is 6.63. The first-order valence-electron chi connectivity index (χ1n) is 9.78. The molecule has 0 amide bonds. The molecular formula is C23H28N4O2. The van der Waals surface area contributed by atoms with E-state index in [1.54, 1.807) is 7.11 Å². The first kappa shape index (κ1) is 20.5. The van der Waals surface area contributed by atoms with Gasteiger partial charge in [0, 0.05) is 24.0 Å². The van der Waals surface area contributed by atoms with Crippen molar-refractivity contribution in [3.63, 3.8) is 0 Å². The summed E-state index contributed by atoms with van der Waals surface area (Å²) in [4.78, 5) is 9.05. The number of ether oxygens (including phenoxy) is 2. The first-order valence-corrected chi connectivity index (χ1v) is 9.78. The molecule has 0 unspecified atom stereocenters. The molecular weight excluding hydrogens is 364 g/mol. The minimum Gasteiger partial charge on any atom is -0.497 e. The number of methoxy groups -OCH3 is 1. The molecule has 29 heavy (non-hydrogen) atoms. The summed E-state index contributed by atoms with van der Waals surface area (Å²) in [6.07, 6.45) is 1.05.